The molecule has 3 N–H and O–H groups in total. The second-order valence-electron chi connectivity index (χ2n) is 5.95. The van der Waals surface area contributed by atoms with Crippen molar-refractivity contribution in [3.8, 4) is 0 Å². The number of nitrogens with one attached hydrogen (secondary N) is 1. The summed E-state index contributed by atoms with van der Waals surface area (Å²) >= 11 is 0. The number of piperidine rings is 1. The number of carbonyl (C=O) groups is 1. The van der Waals surface area contributed by atoms with Crippen LogP contribution in [0.5, 0.6) is 0 Å². The first-order valence-corrected chi connectivity index (χ1v) is 6.68. The molecule has 5 heteroatoms. The van der Waals surface area contributed by atoms with Gasteiger partial charge in [0.25, 0.3) is 5.91 Å². The second kappa shape index (κ2) is 5.67. The average molecular weight is 262 g/mol. The van der Waals surface area contributed by atoms with Gasteiger partial charge in [0.05, 0.1) is 11.3 Å². The minimum Gasteiger partial charge on any atom is -0.297 e. The van der Waals surface area contributed by atoms with Gasteiger partial charge >= 0.3 is 0 Å². The minimum atomic E-state index is -0.307. The largest absolute Gasteiger partial charge is 0.297 e. The molecule has 1 aliphatic heterocycles. The fraction of sp³-hybridized carbons (Fsp3) is 0.571. The molecule has 1 amide bonds. The molecule has 104 valence electrons. The van der Waals surface area contributed by atoms with Crippen molar-refractivity contribution in [3.63, 3.8) is 0 Å². The van der Waals surface area contributed by atoms with E-state index >= 15 is 0 Å². The number of carbonyl (C=O) groups excluding carboxylic acids is 1. The van der Waals surface area contributed by atoms with Gasteiger partial charge in [0.1, 0.15) is 0 Å². The first-order chi connectivity index (χ1) is 9.00. The predicted octanol–water partition coefficient (Wildman–Crippen LogP) is 1.31. The zero-order valence-electron chi connectivity index (χ0n) is 11.6. The van der Waals surface area contributed by atoms with Gasteiger partial charge in [-0.3, -0.25) is 20.1 Å². The molecule has 5 nitrogen and oxygen atoms in total. The standard InChI is InChI=1S/C14H22N4O/c1-14(2)5-7-18(8-6-14)10-12-4-3-11(9-16-12)13(19)17-15/h3-4,9H,5-8,10,15H2,1-2H3,(H,17,19). The smallest absolute Gasteiger partial charge is 0.266 e. The van der Waals surface area contributed by atoms with Crippen molar-refractivity contribution in [3.05, 3.63) is 29.6 Å². The number of nitrogens with zero attached hydrogens (tertiary/aromatic N) is 2. The lowest BCUT2D eigenvalue weighted by Gasteiger charge is -2.36. The summed E-state index contributed by atoms with van der Waals surface area (Å²) < 4.78 is 0. The maximum absolute atomic E-state index is 11.3. The molecule has 2 heterocycles. The van der Waals surface area contributed by atoms with Crippen LogP contribution in [0.25, 0.3) is 0 Å². The van der Waals surface area contributed by atoms with E-state index in [0.29, 0.717) is 11.0 Å². The van der Waals surface area contributed by atoms with E-state index in [-0.39, 0.29) is 5.91 Å². The highest BCUT2D eigenvalue weighted by Gasteiger charge is 2.25. The molecule has 1 aromatic rings. The summed E-state index contributed by atoms with van der Waals surface area (Å²) in [6, 6.07) is 3.66. The summed E-state index contributed by atoms with van der Waals surface area (Å²) in [5.41, 5.74) is 4.05. The van der Waals surface area contributed by atoms with Crippen LogP contribution in [0.4, 0.5) is 0 Å². The summed E-state index contributed by atoms with van der Waals surface area (Å²) in [5.74, 6) is 4.77. The molecule has 19 heavy (non-hydrogen) atoms. The summed E-state index contributed by atoms with van der Waals surface area (Å²) in [6.07, 6.45) is 4.02. The molecule has 0 spiro atoms. The third kappa shape index (κ3) is 3.75. The summed E-state index contributed by atoms with van der Waals surface area (Å²) in [5, 5.41) is 0. The Hall–Kier alpha value is -1.46. The van der Waals surface area contributed by atoms with Crippen molar-refractivity contribution >= 4 is 5.91 Å². The van der Waals surface area contributed by atoms with Gasteiger partial charge < -0.3 is 0 Å². The fourth-order valence-electron chi connectivity index (χ4n) is 2.28. The zero-order valence-corrected chi connectivity index (χ0v) is 11.6. The van der Waals surface area contributed by atoms with Crippen LogP contribution in [0.1, 0.15) is 42.7 Å². The van der Waals surface area contributed by atoms with Crippen molar-refractivity contribution in [1.29, 1.82) is 0 Å². The molecule has 1 aliphatic rings. The Kier molecular flexibility index (Phi) is 4.17. The zero-order chi connectivity index (χ0) is 13.9. The molecule has 2 rings (SSSR count). The number of nitrogen functional groups attached to an aromatic ring is 1. The van der Waals surface area contributed by atoms with Crippen molar-refractivity contribution in [2.45, 2.75) is 33.2 Å². The van der Waals surface area contributed by atoms with Crippen LogP contribution in [-0.2, 0) is 6.54 Å². The maximum atomic E-state index is 11.3. The minimum absolute atomic E-state index is 0.307. The first-order valence-electron chi connectivity index (χ1n) is 6.68. The van der Waals surface area contributed by atoms with Gasteiger partial charge in [-0.25, -0.2) is 5.84 Å². The number of pyridine rings is 1. The Balaban J connectivity index is 1.92. The number of amides is 1. The Bertz CT molecular complexity index is 431. The Labute approximate surface area is 114 Å². The van der Waals surface area contributed by atoms with Gasteiger partial charge in [0, 0.05) is 12.7 Å². The van der Waals surface area contributed by atoms with Gasteiger partial charge in [-0.05, 0) is 43.5 Å². The molecule has 0 bridgehead atoms. The SMILES string of the molecule is CC1(C)CCN(Cc2ccc(C(=O)NN)cn2)CC1. The van der Waals surface area contributed by atoms with Crippen molar-refractivity contribution < 1.29 is 4.79 Å². The van der Waals surface area contributed by atoms with E-state index in [1.165, 1.54) is 12.8 Å². The van der Waals surface area contributed by atoms with Gasteiger partial charge in [0.15, 0.2) is 0 Å². The number of nitrogens with two attached hydrogens (primary N) is 1. The van der Waals surface area contributed by atoms with E-state index in [2.05, 4.69) is 29.2 Å². The lowest BCUT2D eigenvalue weighted by molar-refractivity contribution is 0.0953. The molecule has 0 aromatic carbocycles. The average Bonchev–Trinajstić information content (AvgIpc) is 2.41. The highest BCUT2D eigenvalue weighted by Crippen LogP contribution is 2.30. The van der Waals surface area contributed by atoms with Crippen LogP contribution < -0.4 is 11.3 Å². The summed E-state index contributed by atoms with van der Waals surface area (Å²) in [7, 11) is 0. The highest BCUT2D eigenvalue weighted by atomic mass is 16.2. The maximum Gasteiger partial charge on any atom is 0.266 e. The number of hydrazine groups is 1. The van der Waals surface area contributed by atoms with Crippen molar-refractivity contribution in [2.75, 3.05) is 13.1 Å². The lowest BCUT2D eigenvalue weighted by Crippen LogP contribution is -2.37. The molecule has 0 unspecified atom stereocenters. The van der Waals surface area contributed by atoms with Crippen LogP contribution in [0.3, 0.4) is 0 Å². The third-order valence-corrected chi connectivity index (χ3v) is 3.81. The number of hydrogen-bond donors (Lipinski definition) is 2. The summed E-state index contributed by atoms with van der Waals surface area (Å²) in [4.78, 5) is 18.0. The first kappa shape index (κ1) is 14.0. The summed E-state index contributed by atoms with van der Waals surface area (Å²) in [6.45, 7) is 7.71. The molecule has 0 aliphatic carbocycles. The van der Waals surface area contributed by atoms with Crippen molar-refractivity contribution in [1.82, 2.24) is 15.3 Å². The van der Waals surface area contributed by atoms with Gasteiger partial charge in [-0.15, -0.1) is 0 Å². The Morgan fingerprint density at radius 2 is 2.11 bits per heavy atom. The molecular weight excluding hydrogens is 240 g/mol. The fourth-order valence-corrected chi connectivity index (χ4v) is 2.28. The Morgan fingerprint density at radius 1 is 1.42 bits per heavy atom. The number of likely N-dealkylation sites (tertiary alicyclic amines) is 1. The quantitative estimate of drug-likeness (QED) is 0.489. The van der Waals surface area contributed by atoms with E-state index in [1.54, 1.807) is 12.3 Å². The predicted molar refractivity (Wildman–Crippen MR) is 74.2 cm³/mol. The van der Waals surface area contributed by atoms with E-state index in [9.17, 15) is 4.79 Å². The van der Waals surface area contributed by atoms with Gasteiger partial charge in [0.2, 0.25) is 0 Å². The van der Waals surface area contributed by atoms with E-state index in [1.807, 2.05) is 6.07 Å². The topological polar surface area (TPSA) is 71.2 Å². The van der Waals surface area contributed by atoms with Crippen LogP contribution in [0.15, 0.2) is 18.3 Å². The molecule has 1 aromatic heterocycles. The van der Waals surface area contributed by atoms with Crippen LogP contribution in [-0.4, -0.2) is 28.9 Å². The molecule has 0 saturated carbocycles. The monoisotopic (exact) mass is 262 g/mol. The van der Waals surface area contributed by atoms with Gasteiger partial charge in [-0.2, -0.15) is 0 Å². The molecule has 1 fully saturated rings. The second-order valence-corrected chi connectivity index (χ2v) is 5.95. The lowest BCUT2D eigenvalue weighted by atomic mass is 9.83. The Morgan fingerprint density at radius 3 is 2.63 bits per heavy atom. The van der Waals surface area contributed by atoms with E-state index in [0.717, 1.165) is 25.3 Å². The third-order valence-electron chi connectivity index (χ3n) is 3.81. The normalized spacial score (nSPS) is 19.1. The van der Waals surface area contributed by atoms with Crippen LogP contribution in [0, 0.1) is 5.41 Å². The van der Waals surface area contributed by atoms with E-state index in [4.69, 9.17) is 5.84 Å². The molecular formula is C14H22N4O. The van der Waals surface area contributed by atoms with Gasteiger partial charge in [-0.1, -0.05) is 13.8 Å². The van der Waals surface area contributed by atoms with Crippen LogP contribution in [0.2, 0.25) is 0 Å². The van der Waals surface area contributed by atoms with E-state index < -0.39 is 0 Å². The molecule has 0 atom stereocenters. The number of rotatable bonds is 3. The molecule has 0 radical (unpaired) electrons. The van der Waals surface area contributed by atoms with Crippen LogP contribution >= 0.6 is 0 Å². The van der Waals surface area contributed by atoms with Crippen molar-refractivity contribution in [2.24, 2.45) is 11.3 Å². The molecule has 1 saturated heterocycles. The highest BCUT2D eigenvalue weighted by molar-refractivity contribution is 5.93. The number of aromatic nitrogens is 1. The number of hydrogen-bond acceptors (Lipinski definition) is 4.